The molecular weight excluding hydrogens is 330 g/mol. The maximum Gasteiger partial charge on any atom is 0.411 e. The molecule has 1 rings (SSSR count). The molecule has 142 valence electrons. The number of rotatable bonds is 6. The van der Waals surface area contributed by atoms with Crippen LogP contribution in [0.5, 0.6) is 0 Å². The summed E-state index contributed by atoms with van der Waals surface area (Å²) in [4.78, 5) is 48.2. The smallest absolute Gasteiger partial charge is 0.411 e. The van der Waals surface area contributed by atoms with E-state index < -0.39 is 36.2 Å². The van der Waals surface area contributed by atoms with E-state index in [0.717, 1.165) is 0 Å². The number of hydrogen-bond acceptors (Lipinski definition) is 6. The van der Waals surface area contributed by atoms with Crippen molar-refractivity contribution in [2.24, 2.45) is 0 Å². The van der Waals surface area contributed by atoms with E-state index in [1.807, 2.05) is 0 Å². The number of carbonyl (C=O) groups is 4. The zero-order valence-corrected chi connectivity index (χ0v) is 15.2. The molecule has 1 aliphatic rings. The molecule has 0 radical (unpaired) electrons. The average molecular weight is 357 g/mol. The number of nitrogens with one attached hydrogen (secondary N) is 2. The number of ether oxygens (including phenoxy) is 2. The Labute approximate surface area is 147 Å². The van der Waals surface area contributed by atoms with Crippen LogP contribution in [-0.2, 0) is 23.9 Å². The molecular formula is C16H27N3O6. The predicted molar refractivity (Wildman–Crippen MR) is 88.6 cm³/mol. The third kappa shape index (κ3) is 7.40. The number of amides is 3. The molecule has 0 unspecified atom stereocenters. The summed E-state index contributed by atoms with van der Waals surface area (Å²) in [7, 11) is 1.50. The molecule has 9 nitrogen and oxygen atoms in total. The van der Waals surface area contributed by atoms with Crippen LogP contribution in [0.1, 0.15) is 40.0 Å². The summed E-state index contributed by atoms with van der Waals surface area (Å²) in [5.74, 6) is -1.33. The molecule has 3 amide bonds. The van der Waals surface area contributed by atoms with E-state index >= 15 is 0 Å². The van der Waals surface area contributed by atoms with E-state index in [-0.39, 0.29) is 18.9 Å². The number of likely N-dealkylation sites (tertiary alicyclic amines) is 1. The second-order valence-electron chi connectivity index (χ2n) is 6.71. The van der Waals surface area contributed by atoms with E-state index in [1.54, 1.807) is 20.8 Å². The normalized spacial score (nSPS) is 17.0. The van der Waals surface area contributed by atoms with Gasteiger partial charge in [-0.3, -0.25) is 14.5 Å². The van der Waals surface area contributed by atoms with Crippen molar-refractivity contribution in [1.29, 1.82) is 0 Å². The molecule has 9 heteroatoms. The number of nitrogens with zero attached hydrogens (tertiary/aromatic N) is 1. The van der Waals surface area contributed by atoms with Gasteiger partial charge in [-0.1, -0.05) is 0 Å². The van der Waals surface area contributed by atoms with Crippen molar-refractivity contribution < 1.29 is 28.7 Å². The van der Waals surface area contributed by atoms with Gasteiger partial charge in [-0.05, 0) is 33.6 Å². The lowest BCUT2D eigenvalue weighted by Gasteiger charge is -2.27. The maximum atomic E-state index is 12.1. The zero-order chi connectivity index (χ0) is 19.0. The molecule has 25 heavy (non-hydrogen) atoms. The van der Waals surface area contributed by atoms with Crippen LogP contribution in [0.2, 0.25) is 0 Å². The van der Waals surface area contributed by atoms with Crippen molar-refractivity contribution >= 4 is 23.9 Å². The van der Waals surface area contributed by atoms with Crippen molar-refractivity contribution in [2.75, 3.05) is 26.7 Å². The van der Waals surface area contributed by atoms with Gasteiger partial charge in [-0.2, -0.15) is 0 Å². The largest absolute Gasteiger partial charge is 0.454 e. The second-order valence-corrected chi connectivity index (χ2v) is 6.71. The fraction of sp³-hybridized carbons (Fsp3) is 0.750. The summed E-state index contributed by atoms with van der Waals surface area (Å²) in [5, 5.41) is 4.91. The van der Waals surface area contributed by atoms with Crippen molar-refractivity contribution in [1.82, 2.24) is 15.5 Å². The van der Waals surface area contributed by atoms with Crippen LogP contribution in [0.4, 0.5) is 4.79 Å². The van der Waals surface area contributed by atoms with Gasteiger partial charge in [0.25, 0.3) is 5.91 Å². The van der Waals surface area contributed by atoms with Gasteiger partial charge in [-0.15, -0.1) is 0 Å². The minimum atomic E-state index is -0.742. The first kappa shape index (κ1) is 20.7. The molecule has 0 bridgehead atoms. The Hall–Kier alpha value is -2.32. The fourth-order valence-electron chi connectivity index (χ4n) is 2.28. The molecule has 1 heterocycles. The van der Waals surface area contributed by atoms with Gasteiger partial charge < -0.3 is 20.1 Å². The van der Waals surface area contributed by atoms with Crippen molar-refractivity contribution in [3.8, 4) is 0 Å². The van der Waals surface area contributed by atoms with Crippen molar-refractivity contribution in [3.63, 3.8) is 0 Å². The monoisotopic (exact) mass is 357 g/mol. The molecule has 1 fully saturated rings. The Balaban J connectivity index is 2.41. The Morgan fingerprint density at radius 3 is 2.44 bits per heavy atom. The van der Waals surface area contributed by atoms with Crippen LogP contribution in [0.15, 0.2) is 0 Å². The summed E-state index contributed by atoms with van der Waals surface area (Å²) < 4.78 is 10.3. The average Bonchev–Trinajstić information content (AvgIpc) is 3.00. The predicted octanol–water partition coefficient (Wildman–Crippen LogP) is 0.181. The summed E-state index contributed by atoms with van der Waals surface area (Å²) >= 11 is 0. The first-order valence-electron chi connectivity index (χ1n) is 8.27. The van der Waals surface area contributed by atoms with Gasteiger partial charge in [0, 0.05) is 26.6 Å². The van der Waals surface area contributed by atoms with Crippen LogP contribution in [0.3, 0.4) is 0 Å². The van der Waals surface area contributed by atoms with E-state index in [9.17, 15) is 19.2 Å². The van der Waals surface area contributed by atoms with E-state index in [0.29, 0.717) is 19.4 Å². The molecule has 2 N–H and O–H groups in total. The van der Waals surface area contributed by atoms with Gasteiger partial charge in [0.1, 0.15) is 11.6 Å². The van der Waals surface area contributed by atoms with Crippen molar-refractivity contribution in [2.45, 2.75) is 51.7 Å². The number of esters is 1. The highest BCUT2D eigenvalue weighted by molar-refractivity contribution is 5.85. The first-order chi connectivity index (χ1) is 11.6. The van der Waals surface area contributed by atoms with Gasteiger partial charge in [-0.25, -0.2) is 9.59 Å². The van der Waals surface area contributed by atoms with E-state index in [2.05, 4.69) is 10.6 Å². The topological polar surface area (TPSA) is 114 Å². The number of hydrogen-bond donors (Lipinski definition) is 2. The van der Waals surface area contributed by atoms with Crippen LogP contribution in [-0.4, -0.2) is 67.2 Å². The van der Waals surface area contributed by atoms with Gasteiger partial charge in [0.2, 0.25) is 5.91 Å². The molecule has 0 aromatic heterocycles. The highest BCUT2D eigenvalue weighted by atomic mass is 16.6. The molecule has 0 aromatic carbocycles. The highest BCUT2D eigenvalue weighted by Crippen LogP contribution is 2.21. The summed E-state index contributed by atoms with van der Waals surface area (Å²) in [6, 6.07) is -0.742. The van der Waals surface area contributed by atoms with Gasteiger partial charge in [0.15, 0.2) is 6.61 Å². The SMILES string of the molecule is CNC(=O)CCNC(=O)COC(=O)[C@@H]1CCCN1C(=O)OC(C)(C)C. The molecule has 0 aliphatic carbocycles. The highest BCUT2D eigenvalue weighted by Gasteiger charge is 2.37. The summed E-state index contributed by atoms with van der Waals surface area (Å²) in [6.07, 6.45) is 0.709. The molecule has 1 atom stereocenters. The lowest BCUT2D eigenvalue weighted by Crippen LogP contribution is -2.44. The Bertz CT molecular complexity index is 514. The lowest BCUT2D eigenvalue weighted by atomic mass is 10.2. The van der Waals surface area contributed by atoms with E-state index in [1.165, 1.54) is 11.9 Å². The van der Waals surface area contributed by atoms with Gasteiger partial charge in [0.05, 0.1) is 0 Å². The van der Waals surface area contributed by atoms with Crippen molar-refractivity contribution in [3.05, 3.63) is 0 Å². The number of carbonyl (C=O) groups excluding carboxylic acids is 4. The Morgan fingerprint density at radius 1 is 1.16 bits per heavy atom. The molecule has 1 aliphatic heterocycles. The van der Waals surface area contributed by atoms with Crippen LogP contribution in [0.25, 0.3) is 0 Å². The summed E-state index contributed by atoms with van der Waals surface area (Å²) in [6.45, 7) is 5.36. The molecule has 0 spiro atoms. The molecule has 1 saturated heterocycles. The summed E-state index contributed by atoms with van der Waals surface area (Å²) in [5.41, 5.74) is -0.654. The standard InChI is InChI=1S/C16H27N3O6/c1-16(2,3)25-15(23)19-9-5-6-11(19)14(22)24-10-13(21)18-8-7-12(20)17-4/h11H,5-10H2,1-4H3,(H,17,20)(H,18,21)/t11-/m0/s1. The van der Waals surface area contributed by atoms with Crippen LogP contribution in [0, 0.1) is 0 Å². The minimum Gasteiger partial charge on any atom is -0.454 e. The quantitative estimate of drug-likeness (QED) is 0.656. The third-order valence-electron chi connectivity index (χ3n) is 3.45. The van der Waals surface area contributed by atoms with Crippen LogP contribution >= 0.6 is 0 Å². The first-order valence-corrected chi connectivity index (χ1v) is 8.27. The zero-order valence-electron chi connectivity index (χ0n) is 15.2. The Kier molecular flexibility index (Phi) is 7.66. The fourth-order valence-corrected chi connectivity index (χ4v) is 2.28. The second kappa shape index (κ2) is 9.24. The maximum absolute atomic E-state index is 12.1. The molecule has 0 aromatic rings. The third-order valence-corrected chi connectivity index (χ3v) is 3.45. The Morgan fingerprint density at radius 2 is 1.84 bits per heavy atom. The van der Waals surface area contributed by atoms with Gasteiger partial charge >= 0.3 is 12.1 Å². The van der Waals surface area contributed by atoms with Crippen LogP contribution < -0.4 is 10.6 Å². The van der Waals surface area contributed by atoms with E-state index in [4.69, 9.17) is 9.47 Å². The molecule has 0 saturated carbocycles. The minimum absolute atomic E-state index is 0.144. The lowest BCUT2D eigenvalue weighted by molar-refractivity contribution is -0.152.